The lowest BCUT2D eigenvalue weighted by Gasteiger charge is -2.11. The minimum atomic E-state index is 0.936. The molecule has 0 aliphatic heterocycles. The molecule has 30 heavy (non-hydrogen) atoms. The smallest absolute Gasteiger partial charge is 0.136 e. The fraction of sp³-hybridized carbons (Fsp3) is 0. The van der Waals surface area contributed by atoms with Crippen molar-refractivity contribution in [2.24, 2.45) is 0 Å². The second-order valence-corrected chi connectivity index (χ2v) is 8.72. The van der Waals surface area contributed by atoms with Crippen molar-refractivity contribution in [2.75, 3.05) is 0 Å². The van der Waals surface area contributed by atoms with Crippen molar-refractivity contribution in [3.8, 4) is 0 Å². The van der Waals surface area contributed by atoms with Gasteiger partial charge in [-0.2, -0.15) is 0 Å². The van der Waals surface area contributed by atoms with Crippen LogP contribution in [0.1, 0.15) is 0 Å². The van der Waals surface area contributed by atoms with Crippen LogP contribution in [0.3, 0.4) is 0 Å². The van der Waals surface area contributed by atoms with Crippen LogP contribution in [0, 0.1) is 0 Å². The van der Waals surface area contributed by atoms with Gasteiger partial charge in [0.2, 0.25) is 0 Å². The molecular formula is C28H15BrO. The first-order chi connectivity index (χ1) is 14.8. The summed E-state index contributed by atoms with van der Waals surface area (Å²) in [6.45, 7) is 0. The summed E-state index contributed by atoms with van der Waals surface area (Å²) in [4.78, 5) is 0. The zero-order chi connectivity index (χ0) is 19.8. The van der Waals surface area contributed by atoms with E-state index in [1.165, 1.54) is 53.9 Å². The largest absolute Gasteiger partial charge is 0.456 e. The zero-order valence-corrected chi connectivity index (χ0v) is 17.5. The van der Waals surface area contributed by atoms with Crippen molar-refractivity contribution in [1.29, 1.82) is 0 Å². The van der Waals surface area contributed by atoms with Gasteiger partial charge < -0.3 is 4.42 Å². The van der Waals surface area contributed by atoms with E-state index in [-0.39, 0.29) is 0 Å². The van der Waals surface area contributed by atoms with Crippen molar-refractivity contribution in [3.05, 3.63) is 95.5 Å². The van der Waals surface area contributed by atoms with Crippen LogP contribution in [0.2, 0.25) is 0 Å². The summed E-state index contributed by atoms with van der Waals surface area (Å²) < 4.78 is 7.47. The van der Waals surface area contributed by atoms with E-state index in [4.69, 9.17) is 4.42 Å². The summed E-state index contributed by atoms with van der Waals surface area (Å²) in [6.07, 6.45) is 0. The highest BCUT2D eigenvalue weighted by Crippen LogP contribution is 2.42. The Kier molecular flexibility index (Phi) is 3.20. The molecule has 1 heterocycles. The van der Waals surface area contributed by atoms with Crippen LogP contribution < -0.4 is 0 Å². The molecule has 1 aromatic heterocycles. The molecule has 0 saturated heterocycles. The van der Waals surface area contributed by atoms with Crippen molar-refractivity contribution in [2.45, 2.75) is 0 Å². The van der Waals surface area contributed by atoms with E-state index < -0.39 is 0 Å². The Balaban J connectivity index is 1.79. The van der Waals surface area contributed by atoms with E-state index >= 15 is 0 Å². The first kappa shape index (κ1) is 16.4. The predicted molar refractivity (Wildman–Crippen MR) is 131 cm³/mol. The molecule has 0 N–H and O–H groups in total. The van der Waals surface area contributed by atoms with Gasteiger partial charge in [0.25, 0.3) is 0 Å². The van der Waals surface area contributed by atoms with E-state index in [2.05, 4.69) is 107 Å². The Bertz CT molecular complexity index is 1810. The molecule has 0 bridgehead atoms. The van der Waals surface area contributed by atoms with Crippen LogP contribution in [0.5, 0.6) is 0 Å². The third-order valence-corrected chi connectivity index (χ3v) is 6.95. The summed E-state index contributed by atoms with van der Waals surface area (Å²) in [5.41, 5.74) is 1.87. The van der Waals surface area contributed by atoms with Crippen LogP contribution >= 0.6 is 15.9 Å². The number of furan rings is 1. The maximum atomic E-state index is 6.35. The predicted octanol–water partition coefficient (Wildman–Crippen LogP) is 8.96. The van der Waals surface area contributed by atoms with Gasteiger partial charge in [-0.3, -0.25) is 0 Å². The van der Waals surface area contributed by atoms with Crippen molar-refractivity contribution in [3.63, 3.8) is 0 Å². The Morgan fingerprint density at radius 2 is 1.17 bits per heavy atom. The molecule has 1 nitrogen and oxygen atoms in total. The van der Waals surface area contributed by atoms with Crippen LogP contribution in [0.15, 0.2) is 99.9 Å². The molecule has 0 radical (unpaired) electrons. The summed E-state index contributed by atoms with van der Waals surface area (Å²) in [7, 11) is 0. The second-order valence-electron chi connectivity index (χ2n) is 7.86. The highest BCUT2D eigenvalue weighted by Gasteiger charge is 2.15. The molecular weight excluding hydrogens is 432 g/mol. The van der Waals surface area contributed by atoms with E-state index in [0.717, 1.165) is 15.6 Å². The molecule has 0 atom stereocenters. The third kappa shape index (κ3) is 2.07. The monoisotopic (exact) mass is 446 g/mol. The number of hydrogen-bond acceptors (Lipinski definition) is 1. The molecule has 140 valence electrons. The Morgan fingerprint density at radius 3 is 2.07 bits per heavy atom. The van der Waals surface area contributed by atoms with Crippen molar-refractivity contribution in [1.82, 2.24) is 0 Å². The highest BCUT2D eigenvalue weighted by molar-refractivity contribution is 9.10. The lowest BCUT2D eigenvalue weighted by Crippen LogP contribution is -1.84. The first-order valence-electron chi connectivity index (χ1n) is 10.1. The van der Waals surface area contributed by atoms with Gasteiger partial charge in [-0.25, -0.2) is 0 Å². The van der Waals surface area contributed by atoms with E-state index in [1.807, 2.05) is 0 Å². The average molecular weight is 447 g/mol. The maximum Gasteiger partial charge on any atom is 0.136 e. The summed E-state index contributed by atoms with van der Waals surface area (Å²) in [6, 6.07) is 32.4. The molecule has 7 rings (SSSR count). The van der Waals surface area contributed by atoms with E-state index in [1.54, 1.807) is 0 Å². The fourth-order valence-corrected chi connectivity index (χ4v) is 5.58. The van der Waals surface area contributed by atoms with Crippen LogP contribution in [-0.2, 0) is 0 Å². The zero-order valence-electron chi connectivity index (χ0n) is 15.9. The Morgan fingerprint density at radius 1 is 0.467 bits per heavy atom. The Labute approximate surface area is 180 Å². The van der Waals surface area contributed by atoms with Crippen LogP contribution in [0.25, 0.3) is 65.0 Å². The molecule has 0 saturated carbocycles. The minimum absolute atomic E-state index is 0.936. The number of halogens is 1. The molecule has 0 spiro atoms. The van der Waals surface area contributed by atoms with Crippen molar-refractivity contribution >= 4 is 81.0 Å². The standard InChI is InChI=1S/C28H15BrO/c29-24-11-5-10-20-22-15-26-23(14-21(22)18-8-3-4-9-19(18)27(20)24)28-17-7-2-1-6-16(17)12-13-25(28)30-26/h1-15H. The summed E-state index contributed by atoms with van der Waals surface area (Å²) in [5, 5.41) is 12.4. The van der Waals surface area contributed by atoms with E-state index in [0.29, 0.717) is 0 Å². The lowest BCUT2D eigenvalue weighted by molar-refractivity contribution is 0.670. The normalized spacial score (nSPS) is 12.2. The molecule has 7 aromatic rings. The van der Waals surface area contributed by atoms with Gasteiger partial charge >= 0.3 is 0 Å². The molecule has 0 amide bonds. The van der Waals surface area contributed by atoms with Gasteiger partial charge in [-0.1, -0.05) is 82.7 Å². The molecule has 6 aromatic carbocycles. The first-order valence-corrected chi connectivity index (χ1v) is 10.9. The molecule has 0 aliphatic carbocycles. The molecule has 2 heteroatoms. The maximum absolute atomic E-state index is 6.35. The van der Waals surface area contributed by atoms with Gasteiger partial charge in [0.05, 0.1) is 0 Å². The van der Waals surface area contributed by atoms with Gasteiger partial charge in [0.15, 0.2) is 0 Å². The minimum Gasteiger partial charge on any atom is -0.456 e. The summed E-state index contributed by atoms with van der Waals surface area (Å²) in [5.74, 6) is 0. The average Bonchev–Trinajstić information content (AvgIpc) is 3.16. The van der Waals surface area contributed by atoms with Gasteiger partial charge in [-0.15, -0.1) is 0 Å². The third-order valence-electron chi connectivity index (χ3n) is 6.29. The lowest BCUT2D eigenvalue weighted by atomic mass is 9.93. The van der Waals surface area contributed by atoms with Gasteiger partial charge in [0, 0.05) is 20.6 Å². The SMILES string of the molecule is Brc1cccc2c3cc4oc5ccc6ccccc6c5c4cc3c3ccccc3c12. The van der Waals surface area contributed by atoms with Gasteiger partial charge in [-0.05, 0) is 62.0 Å². The highest BCUT2D eigenvalue weighted by atomic mass is 79.9. The van der Waals surface area contributed by atoms with Gasteiger partial charge in [0.1, 0.15) is 11.2 Å². The topological polar surface area (TPSA) is 13.1 Å². The number of benzene rings is 6. The van der Waals surface area contributed by atoms with Crippen LogP contribution in [-0.4, -0.2) is 0 Å². The fourth-order valence-electron chi connectivity index (χ4n) is 5.00. The molecule has 0 fully saturated rings. The second kappa shape index (κ2) is 5.84. The van der Waals surface area contributed by atoms with Crippen LogP contribution in [0.4, 0.5) is 0 Å². The quantitative estimate of drug-likeness (QED) is 0.212. The number of hydrogen-bond donors (Lipinski definition) is 0. The summed E-state index contributed by atoms with van der Waals surface area (Å²) >= 11 is 3.79. The number of fused-ring (bicyclic) bond motifs is 11. The molecule has 0 aliphatic rings. The van der Waals surface area contributed by atoms with E-state index in [9.17, 15) is 0 Å². The van der Waals surface area contributed by atoms with Crippen molar-refractivity contribution < 1.29 is 4.42 Å². The number of rotatable bonds is 0. The Hall–Kier alpha value is -3.36. The molecule has 0 unspecified atom stereocenters.